The topological polar surface area (TPSA) is 49.3 Å². The van der Waals surface area contributed by atoms with Crippen molar-refractivity contribution < 1.29 is 9.90 Å². The van der Waals surface area contributed by atoms with Gasteiger partial charge < -0.3 is 5.11 Å². The van der Waals surface area contributed by atoms with Crippen LogP contribution < -0.4 is 5.32 Å². The molecule has 1 aromatic rings. The summed E-state index contributed by atoms with van der Waals surface area (Å²) in [7, 11) is 0. The number of carbonyl (C=O) groups is 1. The Morgan fingerprint density at radius 2 is 1.42 bits per heavy atom. The first-order valence-corrected chi connectivity index (χ1v) is 6.44. The van der Waals surface area contributed by atoms with Gasteiger partial charge in [-0.1, -0.05) is 53.7 Å². The smallest absolute Gasteiger partial charge is 0.409 e. The largest absolute Gasteiger partial charge is 0.465 e. The number of amides is 1. The van der Waals surface area contributed by atoms with Crippen LogP contribution in [0.4, 0.5) is 10.5 Å². The van der Waals surface area contributed by atoms with Crippen molar-refractivity contribution in [1.29, 1.82) is 0 Å². The van der Waals surface area contributed by atoms with Gasteiger partial charge in [-0.2, -0.15) is 0 Å². The van der Waals surface area contributed by atoms with E-state index in [0.717, 1.165) is 16.7 Å². The van der Waals surface area contributed by atoms with E-state index in [9.17, 15) is 4.79 Å². The molecular formula is C16H24NO2. The van der Waals surface area contributed by atoms with Crippen molar-refractivity contribution in [3.63, 3.8) is 0 Å². The Bertz CT molecular complexity index is 455. The Kier molecular flexibility index (Phi) is 3.99. The first-order chi connectivity index (χ1) is 8.43. The second-order valence-electron chi connectivity index (χ2n) is 7.00. The molecule has 1 radical (unpaired) electrons. The van der Waals surface area contributed by atoms with E-state index >= 15 is 0 Å². The van der Waals surface area contributed by atoms with Gasteiger partial charge in [-0.15, -0.1) is 0 Å². The van der Waals surface area contributed by atoms with Crippen LogP contribution in [0.3, 0.4) is 0 Å². The fraction of sp³-hybridized carbons (Fsp3) is 0.500. The summed E-state index contributed by atoms with van der Waals surface area (Å²) in [6.07, 6.45) is -1.03. The average Bonchev–Trinajstić information content (AvgIpc) is 2.16. The molecule has 0 fully saturated rings. The van der Waals surface area contributed by atoms with Crippen LogP contribution in [0.25, 0.3) is 0 Å². The Balaban J connectivity index is 3.63. The maximum absolute atomic E-state index is 11.1. The summed E-state index contributed by atoms with van der Waals surface area (Å²) in [5.74, 6) is 0. The molecule has 1 amide bonds. The normalized spacial score (nSPS) is 12.4. The Hall–Kier alpha value is -1.51. The molecule has 0 saturated carbocycles. The maximum Gasteiger partial charge on any atom is 0.409 e. The lowest BCUT2D eigenvalue weighted by Gasteiger charge is -2.30. The Labute approximate surface area is 116 Å². The number of nitrogens with one attached hydrogen (secondary N) is 1. The molecule has 0 saturated heterocycles. The number of anilines is 1. The molecule has 0 aliphatic heterocycles. The van der Waals surface area contributed by atoms with Gasteiger partial charge in [-0.3, -0.25) is 5.32 Å². The maximum atomic E-state index is 11.1. The van der Waals surface area contributed by atoms with Gasteiger partial charge in [0.25, 0.3) is 0 Å². The predicted molar refractivity (Wildman–Crippen MR) is 79.9 cm³/mol. The molecule has 3 nitrogen and oxygen atoms in total. The lowest BCUT2D eigenvalue weighted by Crippen LogP contribution is -2.23. The molecule has 0 spiro atoms. The summed E-state index contributed by atoms with van der Waals surface area (Å²) in [6.45, 7) is 16.4. The molecule has 0 aliphatic rings. The molecule has 0 aliphatic carbocycles. The molecule has 1 rings (SSSR count). The van der Waals surface area contributed by atoms with Crippen molar-refractivity contribution in [2.45, 2.75) is 52.4 Å². The molecule has 0 atom stereocenters. The van der Waals surface area contributed by atoms with Crippen LogP contribution in [0.15, 0.2) is 12.1 Å². The molecule has 0 bridgehead atoms. The van der Waals surface area contributed by atoms with E-state index in [2.05, 4.69) is 53.8 Å². The third-order valence-corrected chi connectivity index (χ3v) is 3.05. The van der Waals surface area contributed by atoms with E-state index < -0.39 is 6.09 Å². The SMILES string of the molecule is [CH2]c1cc(C(C)(C)C)c(NC(=O)O)c(C(C)(C)C)c1. The van der Waals surface area contributed by atoms with Crippen LogP contribution in [-0.2, 0) is 10.8 Å². The predicted octanol–water partition coefficient (Wildman–Crippen LogP) is 4.55. The second-order valence-corrected chi connectivity index (χ2v) is 7.00. The summed E-state index contributed by atoms with van der Waals surface area (Å²) >= 11 is 0. The van der Waals surface area contributed by atoms with Gasteiger partial charge in [-0.05, 0) is 34.4 Å². The standard InChI is InChI=1S/C16H24NO2/c1-10-8-11(15(2,3)4)13(17-14(18)19)12(9-10)16(5,6)7/h8-9,17H,1H2,2-7H3,(H,18,19). The minimum Gasteiger partial charge on any atom is -0.465 e. The number of carboxylic acid groups (broad SMARTS) is 1. The molecule has 0 unspecified atom stereocenters. The van der Waals surface area contributed by atoms with E-state index in [-0.39, 0.29) is 10.8 Å². The number of rotatable bonds is 1. The van der Waals surface area contributed by atoms with Crippen LogP contribution in [0, 0.1) is 6.92 Å². The van der Waals surface area contributed by atoms with Gasteiger partial charge in [0.1, 0.15) is 0 Å². The lowest BCUT2D eigenvalue weighted by atomic mass is 9.77. The summed E-state index contributed by atoms with van der Waals surface area (Å²) in [5, 5.41) is 11.7. The quantitative estimate of drug-likeness (QED) is 0.779. The van der Waals surface area contributed by atoms with Gasteiger partial charge in [0, 0.05) is 0 Å². The fourth-order valence-electron chi connectivity index (χ4n) is 2.13. The van der Waals surface area contributed by atoms with Crippen molar-refractivity contribution in [2.75, 3.05) is 5.32 Å². The van der Waals surface area contributed by atoms with E-state index in [4.69, 9.17) is 5.11 Å². The molecule has 19 heavy (non-hydrogen) atoms. The summed E-state index contributed by atoms with van der Waals surface area (Å²) in [4.78, 5) is 11.1. The summed E-state index contributed by atoms with van der Waals surface area (Å²) in [5.41, 5.74) is 3.27. The number of hydrogen-bond acceptors (Lipinski definition) is 1. The Morgan fingerprint density at radius 3 is 1.68 bits per heavy atom. The first kappa shape index (κ1) is 15.5. The van der Waals surface area contributed by atoms with Crippen molar-refractivity contribution in [2.24, 2.45) is 0 Å². The molecule has 105 valence electrons. The average molecular weight is 262 g/mol. The van der Waals surface area contributed by atoms with Crippen molar-refractivity contribution in [3.05, 3.63) is 35.7 Å². The third-order valence-electron chi connectivity index (χ3n) is 3.05. The van der Waals surface area contributed by atoms with Crippen molar-refractivity contribution >= 4 is 11.8 Å². The summed E-state index contributed by atoms with van der Waals surface area (Å²) in [6, 6.07) is 3.92. The Morgan fingerprint density at radius 1 is 1.05 bits per heavy atom. The lowest BCUT2D eigenvalue weighted by molar-refractivity contribution is 0.209. The molecule has 0 aromatic heterocycles. The van der Waals surface area contributed by atoms with Gasteiger partial charge in [-0.25, -0.2) is 4.79 Å². The van der Waals surface area contributed by atoms with Gasteiger partial charge in [0.05, 0.1) is 5.69 Å². The highest BCUT2D eigenvalue weighted by atomic mass is 16.4. The zero-order valence-electron chi connectivity index (χ0n) is 12.7. The molecule has 1 aromatic carbocycles. The van der Waals surface area contributed by atoms with Crippen LogP contribution >= 0.6 is 0 Å². The summed E-state index contributed by atoms with van der Waals surface area (Å²) < 4.78 is 0. The molecule has 3 heteroatoms. The highest BCUT2D eigenvalue weighted by Crippen LogP contribution is 2.38. The first-order valence-electron chi connectivity index (χ1n) is 6.44. The number of benzene rings is 1. The second kappa shape index (κ2) is 4.87. The number of hydrogen-bond donors (Lipinski definition) is 2. The van der Waals surface area contributed by atoms with E-state index in [0.29, 0.717) is 5.69 Å². The highest BCUT2D eigenvalue weighted by Gasteiger charge is 2.26. The minimum absolute atomic E-state index is 0.147. The van der Waals surface area contributed by atoms with Crippen LogP contribution in [-0.4, -0.2) is 11.2 Å². The van der Waals surface area contributed by atoms with E-state index in [1.54, 1.807) is 0 Å². The van der Waals surface area contributed by atoms with Crippen LogP contribution in [0.5, 0.6) is 0 Å². The van der Waals surface area contributed by atoms with Crippen LogP contribution in [0.1, 0.15) is 58.2 Å². The monoisotopic (exact) mass is 262 g/mol. The van der Waals surface area contributed by atoms with Crippen molar-refractivity contribution in [1.82, 2.24) is 0 Å². The van der Waals surface area contributed by atoms with E-state index in [1.807, 2.05) is 12.1 Å². The molecule has 0 heterocycles. The van der Waals surface area contributed by atoms with Crippen molar-refractivity contribution in [3.8, 4) is 0 Å². The minimum atomic E-state index is -1.03. The molecular weight excluding hydrogens is 238 g/mol. The van der Waals surface area contributed by atoms with Gasteiger partial charge in [0.15, 0.2) is 0 Å². The highest BCUT2D eigenvalue weighted by molar-refractivity contribution is 5.86. The van der Waals surface area contributed by atoms with Gasteiger partial charge in [0.2, 0.25) is 0 Å². The van der Waals surface area contributed by atoms with Gasteiger partial charge >= 0.3 is 6.09 Å². The zero-order valence-corrected chi connectivity index (χ0v) is 12.7. The van der Waals surface area contributed by atoms with E-state index in [1.165, 1.54) is 0 Å². The molecule has 2 N–H and O–H groups in total. The fourth-order valence-corrected chi connectivity index (χ4v) is 2.13. The third kappa shape index (κ3) is 3.72. The zero-order chi connectivity index (χ0) is 15.0. The van der Waals surface area contributed by atoms with Crippen LogP contribution in [0.2, 0.25) is 0 Å².